The number of nitrogens with zero attached hydrogens (tertiary/aromatic N) is 4. The van der Waals surface area contributed by atoms with E-state index in [9.17, 15) is 13.2 Å². The number of likely N-dealkylation sites (tertiary alicyclic amines) is 1. The molecule has 37 heavy (non-hydrogen) atoms. The van der Waals surface area contributed by atoms with Crippen LogP contribution in [0.15, 0.2) is 23.1 Å². The maximum atomic E-state index is 13.7. The second kappa shape index (κ2) is 10.0. The van der Waals surface area contributed by atoms with Gasteiger partial charge in [0, 0.05) is 43.4 Å². The summed E-state index contributed by atoms with van der Waals surface area (Å²) in [6, 6.07) is 5.57. The van der Waals surface area contributed by atoms with E-state index in [4.69, 9.17) is 19.3 Å². The number of rotatable bonds is 4. The molecule has 0 spiro atoms. The highest BCUT2D eigenvalue weighted by Gasteiger charge is 2.40. The highest BCUT2D eigenvalue weighted by molar-refractivity contribution is 7.90. The van der Waals surface area contributed by atoms with Crippen molar-refractivity contribution in [1.29, 1.82) is 0 Å². The lowest BCUT2D eigenvalue weighted by atomic mass is 9.99. The van der Waals surface area contributed by atoms with E-state index < -0.39 is 9.84 Å². The van der Waals surface area contributed by atoms with Crippen LogP contribution in [0.25, 0.3) is 11.3 Å². The summed E-state index contributed by atoms with van der Waals surface area (Å²) in [5.41, 5.74) is 2.09. The Balaban J connectivity index is 1.44. The van der Waals surface area contributed by atoms with Crippen molar-refractivity contribution in [3.05, 3.63) is 29.5 Å². The first-order valence-corrected chi connectivity index (χ1v) is 14.8. The molecule has 0 radical (unpaired) electrons. The van der Waals surface area contributed by atoms with Gasteiger partial charge in [0.15, 0.2) is 15.5 Å². The molecule has 4 aliphatic heterocycles. The van der Waals surface area contributed by atoms with Crippen molar-refractivity contribution in [2.75, 3.05) is 59.7 Å². The molecule has 3 saturated heterocycles. The smallest absolute Gasteiger partial charge is 0.274 e. The van der Waals surface area contributed by atoms with Crippen LogP contribution in [-0.4, -0.2) is 99.7 Å². The molecule has 5 heterocycles. The van der Waals surface area contributed by atoms with Gasteiger partial charge in [-0.25, -0.2) is 8.42 Å². The van der Waals surface area contributed by atoms with Gasteiger partial charge in [-0.3, -0.25) is 14.4 Å². The van der Waals surface area contributed by atoms with Crippen molar-refractivity contribution in [1.82, 2.24) is 19.6 Å². The summed E-state index contributed by atoms with van der Waals surface area (Å²) in [4.78, 5) is 18.1. The zero-order chi connectivity index (χ0) is 25.6. The minimum Gasteiger partial charge on any atom is -0.497 e. The first kappa shape index (κ1) is 24.8. The largest absolute Gasteiger partial charge is 0.497 e. The molecule has 0 N–H and O–H groups in total. The average molecular weight is 531 g/mol. The minimum atomic E-state index is -3.68. The topological polar surface area (TPSA) is 103 Å². The monoisotopic (exact) mass is 530 g/mol. The number of benzene rings is 1. The number of piperidine rings is 1. The third-order valence-electron chi connectivity index (χ3n) is 8.05. The van der Waals surface area contributed by atoms with Crippen molar-refractivity contribution in [2.45, 2.75) is 48.4 Å². The molecular formula is C26H34N4O6S. The third-order valence-corrected chi connectivity index (χ3v) is 9.73. The number of sulfone groups is 1. The number of amides is 1. The van der Waals surface area contributed by atoms with Crippen LogP contribution in [0, 0.1) is 0 Å². The second-order valence-electron chi connectivity index (χ2n) is 10.3. The molecule has 6 rings (SSSR count). The van der Waals surface area contributed by atoms with E-state index >= 15 is 0 Å². The molecule has 1 unspecified atom stereocenters. The van der Waals surface area contributed by atoms with Crippen LogP contribution in [0.4, 0.5) is 0 Å². The van der Waals surface area contributed by atoms with Crippen LogP contribution in [0.1, 0.15) is 47.8 Å². The van der Waals surface area contributed by atoms with Crippen molar-refractivity contribution < 1.29 is 27.4 Å². The lowest BCUT2D eigenvalue weighted by molar-refractivity contribution is 0.00209. The molecule has 1 aromatic heterocycles. The fourth-order valence-electron chi connectivity index (χ4n) is 6.12. The van der Waals surface area contributed by atoms with Gasteiger partial charge in [-0.15, -0.1) is 0 Å². The Bertz CT molecular complexity index is 1280. The Hall–Kier alpha value is -2.47. The molecule has 0 bridgehead atoms. The molecule has 1 aromatic carbocycles. The highest BCUT2D eigenvalue weighted by atomic mass is 32.2. The standard InChI is InChI=1S/C26H34N4O6S/c1-34-20-6-7-21-23(14-20)37(32,33)17-22-24(26(31)28-9-12-35-13-10-28)27-30(25(21)22)18-4-2-8-29(15-18)19-5-3-11-36-16-19/h6-7,14,18-19H,2-5,8-13,15-17H2,1H3/t18-,19?/m0/s1. The lowest BCUT2D eigenvalue weighted by Gasteiger charge is -2.40. The van der Waals surface area contributed by atoms with Crippen molar-refractivity contribution >= 4 is 15.7 Å². The van der Waals surface area contributed by atoms with E-state index in [2.05, 4.69) is 4.90 Å². The minimum absolute atomic E-state index is 0.0337. The summed E-state index contributed by atoms with van der Waals surface area (Å²) < 4.78 is 45.4. The number of methoxy groups -OCH3 is 1. The van der Waals surface area contributed by atoms with Gasteiger partial charge in [-0.2, -0.15) is 5.10 Å². The molecule has 3 fully saturated rings. The summed E-state index contributed by atoms with van der Waals surface area (Å²) in [6.07, 6.45) is 4.11. The van der Waals surface area contributed by atoms with Gasteiger partial charge in [-0.05, 0) is 50.4 Å². The van der Waals surface area contributed by atoms with Crippen LogP contribution in [0.5, 0.6) is 5.75 Å². The maximum absolute atomic E-state index is 13.7. The molecular weight excluding hydrogens is 496 g/mol. The number of hydrogen-bond acceptors (Lipinski definition) is 8. The highest BCUT2D eigenvalue weighted by Crippen LogP contribution is 2.43. The molecule has 0 saturated carbocycles. The molecule has 200 valence electrons. The van der Waals surface area contributed by atoms with E-state index in [0.29, 0.717) is 49.2 Å². The van der Waals surface area contributed by atoms with Crippen LogP contribution < -0.4 is 4.74 Å². The lowest BCUT2D eigenvalue weighted by Crippen LogP contribution is -2.47. The van der Waals surface area contributed by atoms with Crippen LogP contribution in [-0.2, 0) is 25.1 Å². The van der Waals surface area contributed by atoms with E-state index in [-0.39, 0.29) is 28.3 Å². The molecule has 4 aliphatic rings. The van der Waals surface area contributed by atoms with Gasteiger partial charge in [0.25, 0.3) is 5.91 Å². The number of carbonyl (C=O) groups is 1. The zero-order valence-corrected chi connectivity index (χ0v) is 22.0. The van der Waals surface area contributed by atoms with Crippen molar-refractivity contribution in [2.24, 2.45) is 0 Å². The Labute approximate surface area is 217 Å². The number of fused-ring (bicyclic) bond motifs is 3. The van der Waals surface area contributed by atoms with Gasteiger partial charge in [0.2, 0.25) is 0 Å². The summed E-state index contributed by atoms with van der Waals surface area (Å²) in [5.74, 6) is 0.0160. The molecule has 1 amide bonds. The van der Waals surface area contributed by atoms with Crippen LogP contribution in [0.2, 0.25) is 0 Å². The zero-order valence-electron chi connectivity index (χ0n) is 21.2. The number of hydrogen-bond donors (Lipinski definition) is 0. The van der Waals surface area contributed by atoms with Gasteiger partial charge in [0.05, 0.1) is 49.3 Å². The molecule has 2 aromatic rings. The Morgan fingerprint density at radius 2 is 1.86 bits per heavy atom. The fraction of sp³-hybridized carbons (Fsp3) is 0.615. The fourth-order valence-corrected chi connectivity index (χ4v) is 7.72. The summed E-state index contributed by atoms with van der Waals surface area (Å²) in [7, 11) is -2.15. The normalized spacial score (nSPS) is 25.8. The Kier molecular flexibility index (Phi) is 6.72. The Morgan fingerprint density at radius 3 is 2.62 bits per heavy atom. The second-order valence-corrected chi connectivity index (χ2v) is 12.3. The maximum Gasteiger partial charge on any atom is 0.274 e. The molecule has 2 atom stereocenters. The number of ether oxygens (including phenoxy) is 3. The Morgan fingerprint density at radius 1 is 1.05 bits per heavy atom. The first-order valence-electron chi connectivity index (χ1n) is 13.2. The quantitative estimate of drug-likeness (QED) is 0.593. The third kappa shape index (κ3) is 4.56. The van der Waals surface area contributed by atoms with Crippen LogP contribution >= 0.6 is 0 Å². The number of morpholine rings is 1. The van der Waals surface area contributed by atoms with E-state index in [0.717, 1.165) is 57.7 Å². The predicted molar refractivity (Wildman–Crippen MR) is 136 cm³/mol. The molecule has 0 aliphatic carbocycles. The SMILES string of the molecule is COc1ccc2c(c1)S(=O)(=O)Cc1c(C(=O)N3CCOCC3)nn([C@H]3CCCN(C4CCCOC4)C3)c1-2. The van der Waals surface area contributed by atoms with E-state index in [1.807, 2.05) is 4.68 Å². The summed E-state index contributed by atoms with van der Waals surface area (Å²) in [5, 5.41) is 4.91. The first-order chi connectivity index (χ1) is 18.0. The van der Waals surface area contributed by atoms with Gasteiger partial charge in [-0.1, -0.05) is 0 Å². The van der Waals surface area contributed by atoms with E-state index in [1.165, 1.54) is 7.11 Å². The number of carbonyl (C=O) groups excluding carboxylic acids is 1. The predicted octanol–water partition coefficient (Wildman–Crippen LogP) is 2.13. The number of aromatic nitrogens is 2. The van der Waals surface area contributed by atoms with Gasteiger partial charge in [0.1, 0.15) is 5.75 Å². The summed E-state index contributed by atoms with van der Waals surface area (Å²) in [6.45, 7) is 5.25. The molecule has 11 heteroatoms. The van der Waals surface area contributed by atoms with Crippen molar-refractivity contribution in [3.63, 3.8) is 0 Å². The van der Waals surface area contributed by atoms with Gasteiger partial charge >= 0.3 is 0 Å². The average Bonchev–Trinajstić information content (AvgIpc) is 3.32. The summed E-state index contributed by atoms with van der Waals surface area (Å²) >= 11 is 0. The van der Waals surface area contributed by atoms with Gasteiger partial charge < -0.3 is 19.1 Å². The van der Waals surface area contributed by atoms with Crippen LogP contribution in [0.3, 0.4) is 0 Å². The van der Waals surface area contributed by atoms with Crippen molar-refractivity contribution in [3.8, 4) is 17.0 Å². The molecule has 10 nitrogen and oxygen atoms in total. The van der Waals surface area contributed by atoms with E-state index in [1.54, 1.807) is 23.1 Å².